The number of aromatic nitrogens is 2. The minimum Gasteiger partial charge on any atom is -0.361 e. The Kier molecular flexibility index (Phi) is 5.84. The van der Waals surface area contributed by atoms with Gasteiger partial charge in [0.15, 0.2) is 5.78 Å². The van der Waals surface area contributed by atoms with Gasteiger partial charge in [-0.05, 0) is 42.8 Å². The summed E-state index contributed by atoms with van der Waals surface area (Å²) in [6.45, 7) is 9.71. The number of pyridine rings is 1. The van der Waals surface area contributed by atoms with Crippen molar-refractivity contribution in [1.82, 2.24) is 9.55 Å². The Balaban J connectivity index is 1.99. The number of carbonyl (C=O) groups is 1. The standard InChI is InChI=1S/C21H25ClN2O2Si/c1-15(25)16-6-5-7-17(12-16)19-13-18-8-9-20(22)23-21(18)24(19)14-26-10-11-27(2,3)4/h5-9,12-13H,10-11,14H2,1-4H3. The van der Waals surface area contributed by atoms with Crippen LogP contribution in [0.15, 0.2) is 42.5 Å². The average molecular weight is 401 g/mol. The van der Waals surface area contributed by atoms with E-state index in [-0.39, 0.29) is 5.78 Å². The van der Waals surface area contributed by atoms with Gasteiger partial charge >= 0.3 is 0 Å². The highest BCUT2D eigenvalue weighted by molar-refractivity contribution is 6.76. The molecule has 0 N–H and O–H groups in total. The van der Waals surface area contributed by atoms with E-state index in [1.807, 2.05) is 34.9 Å². The van der Waals surface area contributed by atoms with Crippen LogP contribution in [0, 0.1) is 0 Å². The summed E-state index contributed by atoms with van der Waals surface area (Å²) in [4.78, 5) is 16.3. The van der Waals surface area contributed by atoms with Gasteiger partial charge in [0.05, 0.1) is 5.69 Å². The predicted molar refractivity (Wildman–Crippen MR) is 114 cm³/mol. The Labute approximate surface area is 166 Å². The minimum atomic E-state index is -1.15. The predicted octanol–water partition coefficient (Wildman–Crippen LogP) is 5.87. The van der Waals surface area contributed by atoms with Crippen molar-refractivity contribution in [2.75, 3.05) is 6.61 Å². The van der Waals surface area contributed by atoms with E-state index >= 15 is 0 Å². The summed E-state index contributed by atoms with van der Waals surface area (Å²) >= 11 is 6.13. The number of Topliss-reactive ketones (excluding diaryl/α,β-unsaturated/α-hetero) is 1. The molecule has 0 aliphatic heterocycles. The van der Waals surface area contributed by atoms with Crippen LogP contribution in [0.3, 0.4) is 0 Å². The summed E-state index contributed by atoms with van der Waals surface area (Å²) in [6.07, 6.45) is 0. The number of hydrogen-bond acceptors (Lipinski definition) is 3. The second-order valence-corrected chi connectivity index (χ2v) is 14.0. The Morgan fingerprint density at radius 1 is 1.19 bits per heavy atom. The molecule has 142 valence electrons. The molecule has 0 aliphatic carbocycles. The maximum Gasteiger partial charge on any atom is 0.159 e. The van der Waals surface area contributed by atoms with Gasteiger partial charge in [-0.15, -0.1) is 0 Å². The van der Waals surface area contributed by atoms with E-state index in [1.54, 1.807) is 13.0 Å². The van der Waals surface area contributed by atoms with Crippen molar-refractivity contribution in [2.45, 2.75) is 39.3 Å². The zero-order chi connectivity index (χ0) is 19.6. The second kappa shape index (κ2) is 7.96. The van der Waals surface area contributed by atoms with Gasteiger partial charge in [0.2, 0.25) is 0 Å². The topological polar surface area (TPSA) is 44.1 Å². The highest BCUT2D eigenvalue weighted by atomic mass is 35.5. The molecular weight excluding hydrogens is 376 g/mol. The van der Waals surface area contributed by atoms with Crippen molar-refractivity contribution in [1.29, 1.82) is 0 Å². The number of fused-ring (bicyclic) bond motifs is 1. The monoisotopic (exact) mass is 400 g/mol. The number of hydrogen-bond donors (Lipinski definition) is 0. The SMILES string of the molecule is CC(=O)c1cccc(-c2cc3ccc(Cl)nc3n2COCC[Si](C)(C)C)c1. The summed E-state index contributed by atoms with van der Waals surface area (Å²) in [6, 6.07) is 14.6. The van der Waals surface area contributed by atoms with Gasteiger partial charge < -0.3 is 9.30 Å². The van der Waals surface area contributed by atoms with Crippen LogP contribution in [0.1, 0.15) is 17.3 Å². The first kappa shape index (κ1) is 19.8. The summed E-state index contributed by atoms with van der Waals surface area (Å²) in [5, 5.41) is 1.45. The largest absolute Gasteiger partial charge is 0.361 e. The molecule has 2 heterocycles. The van der Waals surface area contributed by atoms with Crippen LogP contribution in [-0.4, -0.2) is 30.0 Å². The Morgan fingerprint density at radius 2 is 1.96 bits per heavy atom. The Hall–Kier alpha value is -1.95. The van der Waals surface area contributed by atoms with Gasteiger partial charge in [0.25, 0.3) is 0 Å². The molecule has 3 rings (SSSR count). The fraction of sp³-hybridized carbons (Fsp3) is 0.333. The Morgan fingerprint density at radius 3 is 2.67 bits per heavy atom. The van der Waals surface area contributed by atoms with Gasteiger partial charge in [-0.25, -0.2) is 4.98 Å². The quantitative estimate of drug-likeness (QED) is 0.215. The average Bonchev–Trinajstić information content (AvgIpc) is 2.96. The molecule has 1 aromatic carbocycles. The first-order valence-electron chi connectivity index (χ1n) is 9.09. The zero-order valence-corrected chi connectivity index (χ0v) is 18.0. The molecule has 0 saturated heterocycles. The molecule has 0 unspecified atom stereocenters. The second-order valence-electron chi connectivity index (χ2n) is 7.99. The van der Waals surface area contributed by atoms with Crippen LogP contribution >= 0.6 is 11.6 Å². The van der Waals surface area contributed by atoms with Gasteiger partial charge in [-0.3, -0.25) is 4.79 Å². The fourth-order valence-electron chi connectivity index (χ4n) is 2.91. The van der Waals surface area contributed by atoms with Crippen molar-refractivity contribution in [3.8, 4) is 11.3 Å². The molecule has 0 bridgehead atoms. The lowest BCUT2D eigenvalue weighted by Crippen LogP contribution is -2.22. The number of carbonyl (C=O) groups excluding carboxylic acids is 1. The lowest BCUT2D eigenvalue weighted by atomic mass is 10.1. The van der Waals surface area contributed by atoms with Crippen LogP contribution in [0.25, 0.3) is 22.3 Å². The van der Waals surface area contributed by atoms with Crippen LogP contribution in [0.4, 0.5) is 0 Å². The van der Waals surface area contributed by atoms with Crippen LogP contribution < -0.4 is 0 Å². The molecule has 0 atom stereocenters. The lowest BCUT2D eigenvalue weighted by molar-refractivity contribution is 0.0909. The lowest BCUT2D eigenvalue weighted by Gasteiger charge is -2.17. The fourth-order valence-corrected chi connectivity index (χ4v) is 3.81. The van der Waals surface area contributed by atoms with Crippen LogP contribution in [-0.2, 0) is 11.5 Å². The molecule has 0 radical (unpaired) electrons. The molecule has 6 heteroatoms. The number of benzene rings is 1. The number of halogens is 1. The number of nitrogens with zero attached hydrogens (tertiary/aromatic N) is 2. The van der Waals surface area contributed by atoms with Crippen molar-refractivity contribution >= 4 is 36.5 Å². The molecule has 27 heavy (non-hydrogen) atoms. The van der Waals surface area contributed by atoms with Crippen molar-refractivity contribution in [2.24, 2.45) is 0 Å². The highest BCUT2D eigenvalue weighted by Gasteiger charge is 2.15. The zero-order valence-electron chi connectivity index (χ0n) is 16.3. The van der Waals surface area contributed by atoms with Crippen LogP contribution in [0.2, 0.25) is 30.8 Å². The van der Waals surface area contributed by atoms with Gasteiger partial charge in [-0.2, -0.15) is 0 Å². The number of ether oxygens (including phenoxy) is 1. The van der Waals surface area contributed by atoms with Gasteiger partial charge in [0, 0.05) is 25.6 Å². The van der Waals surface area contributed by atoms with E-state index in [9.17, 15) is 4.79 Å². The van der Waals surface area contributed by atoms with E-state index < -0.39 is 8.07 Å². The molecule has 4 nitrogen and oxygen atoms in total. The Bertz CT molecular complexity index is 976. The first-order chi connectivity index (χ1) is 12.7. The first-order valence-corrected chi connectivity index (χ1v) is 13.2. The molecule has 0 aliphatic rings. The summed E-state index contributed by atoms with van der Waals surface area (Å²) in [5.41, 5.74) is 3.41. The highest BCUT2D eigenvalue weighted by Crippen LogP contribution is 2.29. The normalized spacial score (nSPS) is 11.9. The third kappa shape index (κ3) is 4.86. The summed E-state index contributed by atoms with van der Waals surface area (Å²) in [7, 11) is -1.15. The molecule has 0 fully saturated rings. The third-order valence-electron chi connectivity index (χ3n) is 4.49. The molecular formula is C21H25ClN2O2Si. The maximum absolute atomic E-state index is 11.8. The van der Waals surface area contributed by atoms with E-state index in [0.29, 0.717) is 17.4 Å². The minimum absolute atomic E-state index is 0.0482. The van der Waals surface area contributed by atoms with E-state index in [4.69, 9.17) is 16.3 Å². The smallest absolute Gasteiger partial charge is 0.159 e. The van der Waals surface area contributed by atoms with E-state index in [2.05, 4.69) is 30.7 Å². The van der Waals surface area contributed by atoms with E-state index in [1.165, 1.54) is 0 Å². The molecule has 0 saturated carbocycles. The van der Waals surface area contributed by atoms with E-state index in [0.717, 1.165) is 34.9 Å². The van der Waals surface area contributed by atoms with Crippen LogP contribution in [0.5, 0.6) is 0 Å². The van der Waals surface area contributed by atoms with Crippen molar-refractivity contribution in [3.05, 3.63) is 53.2 Å². The number of ketones is 1. The third-order valence-corrected chi connectivity index (χ3v) is 6.41. The summed E-state index contributed by atoms with van der Waals surface area (Å²) < 4.78 is 8.02. The molecule has 3 aromatic rings. The number of rotatable bonds is 7. The van der Waals surface area contributed by atoms with Crippen molar-refractivity contribution in [3.63, 3.8) is 0 Å². The van der Waals surface area contributed by atoms with Gasteiger partial charge in [-0.1, -0.05) is 49.4 Å². The summed E-state index contributed by atoms with van der Waals surface area (Å²) in [5.74, 6) is 0.0482. The molecule has 0 spiro atoms. The molecule has 0 amide bonds. The molecule has 2 aromatic heterocycles. The van der Waals surface area contributed by atoms with Crippen molar-refractivity contribution < 1.29 is 9.53 Å². The van der Waals surface area contributed by atoms with Gasteiger partial charge in [0.1, 0.15) is 17.5 Å². The maximum atomic E-state index is 11.8.